The predicted molar refractivity (Wildman–Crippen MR) is 75.6 cm³/mol. The number of rotatable bonds is 7. The molecule has 1 fully saturated rings. The van der Waals surface area contributed by atoms with E-state index in [4.69, 9.17) is 5.73 Å². The van der Waals surface area contributed by atoms with Crippen LogP contribution in [0.15, 0.2) is 0 Å². The average molecular weight is 269 g/mol. The van der Waals surface area contributed by atoms with E-state index in [9.17, 15) is 9.59 Å². The van der Waals surface area contributed by atoms with Crippen LogP contribution in [0, 0.1) is 0 Å². The Morgan fingerprint density at radius 3 is 2.74 bits per heavy atom. The van der Waals surface area contributed by atoms with Gasteiger partial charge in [-0.05, 0) is 32.1 Å². The zero-order valence-corrected chi connectivity index (χ0v) is 12.0. The number of piperidine rings is 1. The number of nitrogens with two attached hydrogens (primary N) is 1. The third-order valence-corrected chi connectivity index (χ3v) is 3.66. The Morgan fingerprint density at radius 2 is 2.05 bits per heavy atom. The molecule has 19 heavy (non-hydrogen) atoms. The molecule has 1 aliphatic heterocycles. The van der Waals surface area contributed by atoms with Gasteiger partial charge in [0.05, 0.1) is 0 Å². The van der Waals surface area contributed by atoms with Crippen molar-refractivity contribution in [2.45, 2.75) is 57.9 Å². The molecule has 1 heterocycles. The smallest absolute Gasteiger partial charge is 0.222 e. The van der Waals surface area contributed by atoms with Gasteiger partial charge < -0.3 is 16.0 Å². The predicted octanol–water partition coefficient (Wildman–Crippen LogP) is 1.02. The van der Waals surface area contributed by atoms with Gasteiger partial charge in [0.15, 0.2) is 0 Å². The first-order valence-corrected chi connectivity index (χ1v) is 7.39. The van der Waals surface area contributed by atoms with E-state index in [1.54, 1.807) is 0 Å². The van der Waals surface area contributed by atoms with Crippen molar-refractivity contribution in [3.63, 3.8) is 0 Å². The standard InChI is InChI=1S/C14H27N3O2/c1-12(18)16-9-5-2-3-8-14(19)17-10-6-4-7-13(17)11-15/h13H,2-11,15H2,1H3,(H,16,18). The minimum absolute atomic E-state index is 0.00943. The highest BCUT2D eigenvalue weighted by atomic mass is 16.2. The molecular weight excluding hydrogens is 242 g/mol. The summed E-state index contributed by atoms with van der Waals surface area (Å²) >= 11 is 0. The van der Waals surface area contributed by atoms with Crippen molar-refractivity contribution >= 4 is 11.8 Å². The van der Waals surface area contributed by atoms with Crippen LogP contribution in [-0.4, -0.2) is 42.4 Å². The van der Waals surface area contributed by atoms with E-state index >= 15 is 0 Å². The SMILES string of the molecule is CC(=O)NCCCCCC(=O)N1CCCCC1CN. The molecule has 2 amide bonds. The minimum Gasteiger partial charge on any atom is -0.356 e. The molecule has 1 unspecified atom stereocenters. The molecular formula is C14H27N3O2. The van der Waals surface area contributed by atoms with Crippen LogP contribution in [-0.2, 0) is 9.59 Å². The molecule has 1 rings (SSSR count). The summed E-state index contributed by atoms with van der Waals surface area (Å²) in [4.78, 5) is 24.8. The molecule has 0 bridgehead atoms. The lowest BCUT2D eigenvalue weighted by Gasteiger charge is -2.35. The highest BCUT2D eigenvalue weighted by molar-refractivity contribution is 5.76. The largest absolute Gasteiger partial charge is 0.356 e. The van der Waals surface area contributed by atoms with Gasteiger partial charge in [0.1, 0.15) is 0 Å². The average Bonchev–Trinajstić information content (AvgIpc) is 2.42. The Kier molecular flexibility index (Phi) is 7.48. The van der Waals surface area contributed by atoms with E-state index in [1.807, 2.05) is 4.90 Å². The Hall–Kier alpha value is -1.10. The summed E-state index contributed by atoms with van der Waals surface area (Å²) in [5.41, 5.74) is 5.72. The Morgan fingerprint density at radius 1 is 1.26 bits per heavy atom. The highest BCUT2D eigenvalue weighted by Crippen LogP contribution is 2.17. The van der Waals surface area contributed by atoms with Crippen LogP contribution >= 0.6 is 0 Å². The molecule has 5 heteroatoms. The molecule has 1 aliphatic rings. The van der Waals surface area contributed by atoms with Crippen LogP contribution < -0.4 is 11.1 Å². The Bertz CT molecular complexity index is 294. The lowest BCUT2D eigenvalue weighted by atomic mass is 10.0. The third-order valence-electron chi connectivity index (χ3n) is 3.66. The van der Waals surface area contributed by atoms with E-state index in [-0.39, 0.29) is 17.9 Å². The summed E-state index contributed by atoms with van der Waals surface area (Å²) in [6, 6.07) is 0.251. The number of carbonyl (C=O) groups excluding carboxylic acids is 2. The van der Waals surface area contributed by atoms with Gasteiger partial charge in [-0.15, -0.1) is 0 Å². The van der Waals surface area contributed by atoms with Crippen LogP contribution in [0.2, 0.25) is 0 Å². The summed E-state index contributed by atoms with van der Waals surface area (Å²) in [5.74, 6) is 0.254. The van der Waals surface area contributed by atoms with E-state index in [1.165, 1.54) is 13.3 Å². The van der Waals surface area contributed by atoms with Crippen molar-refractivity contribution in [2.75, 3.05) is 19.6 Å². The zero-order valence-electron chi connectivity index (χ0n) is 12.0. The molecule has 1 atom stereocenters. The summed E-state index contributed by atoms with van der Waals surface area (Å²) in [5, 5.41) is 2.76. The van der Waals surface area contributed by atoms with Gasteiger partial charge in [0, 0.05) is 39.0 Å². The highest BCUT2D eigenvalue weighted by Gasteiger charge is 2.24. The van der Waals surface area contributed by atoms with Gasteiger partial charge >= 0.3 is 0 Å². The van der Waals surface area contributed by atoms with Gasteiger partial charge in [-0.2, -0.15) is 0 Å². The zero-order chi connectivity index (χ0) is 14.1. The molecule has 1 saturated heterocycles. The first-order chi connectivity index (χ1) is 9.15. The number of amides is 2. The van der Waals surface area contributed by atoms with Crippen molar-refractivity contribution in [2.24, 2.45) is 5.73 Å². The summed E-state index contributed by atoms with van der Waals surface area (Å²) in [7, 11) is 0. The molecule has 0 aromatic rings. The van der Waals surface area contributed by atoms with E-state index < -0.39 is 0 Å². The molecule has 5 nitrogen and oxygen atoms in total. The Labute approximate surface area is 115 Å². The van der Waals surface area contributed by atoms with Gasteiger partial charge in [0.25, 0.3) is 0 Å². The number of carbonyl (C=O) groups is 2. The summed E-state index contributed by atoms with van der Waals surface area (Å²) in [6.07, 6.45) is 6.75. The topological polar surface area (TPSA) is 75.4 Å². The van der Waals surface area contributed by atoms with Crippen LogP contribution in [0.25, 0.3) is 0 Å². The monoisotopic (exact) mass is 269 g/mol. The fraction of sp³-hybridized carbons (Fsp3) is 0.857. The van der Waals surface area contributed by atoms with E-state index in [2.05, 4.69) is 5.32 Å². The molecule has 0 aromatic carbocycles. The van der Waals surface area contributed by atoms with Crippen molar-refractivity contribution in [3.05, 3.63) is 0 Å². The fourth-order valence-corrected chi connectivity index (χ4v) is 2.56. The number of hydrogen-bond donors (Lipinski definition) is 2. The number of likely N-dealkylation sites (tertiary alicyclic amines) is 1. The number of unbranched alkanes of at least 4 members (excludes halogenated alkanes) is 2. The molecule has 3 N–H and O–H groups in total. The van der Waals surface area contributed by atoms with Crippen LogP contribution in [0.1, 0.15) is 51.9 Å². The quantitative estimate of drug-likeness (QED) is 0.678. The lowest BCUT2D eigenvalue weighted by Crippen LogP contribution is -2.47. The first-order valence-electron chi connectivity index (χ1n) is 7.39. The lowest BCUT2D eigenvalue weighted by molar-refractivity contribution is -0.134. The van der Waals surface area contributed by atoms with Crippen LogP contribution in [0.3, 0.4) is 0 Å². The van der Waals surface area contributed by atoms with Crippen molar-refractivity contribution < 1.29 is 9.59 Å². The second-order valence-corrected chi connectivity index (χ2v) is 5.27. The third kappa shape index (κ3) is 6.05. The van der Waals surface area contributed by atoms with Gasteiger partial charge in [0.2, 0.25) is 11.8 Å². The van der Waals surface area contributed by atoms with E-state index in [0.29, 0.717) is 19.5 Å². The molecule has 0 spiro atoms. The molecule has 0 aromatic heterocycles. The maximum Gasteiger partial charge on any atom is 0.222 e. The second-order valence-electron chi connectivity index (χ2n) is 5.27. The van der Waals surface area contributed by atoms with Crippen LogP contribution in [0.5, 0.6) is 0 Å². The van der Waals surface area contributed by atoms with Crippen molar-refractivity contribution in [1.82, 2.24) is 10.2 Å². The van der Waals surface area contributed by atoms with Gasteiger partial charge in [-0.25, -0.2) is 0 Å². The van der Waals surface area contributed by atoms with Crippen molar-refractivity contribution in [1.29, 1.82) is 0 Å². The normalized spacial score (nSPS) is 19.3. The van der Waals surface area contributed by atoms with Crippen molar-refractivity contribution in [3.8, 4) is 0 Å². The molecule has 0 radical (unpaired) electrons. The summed E-state index contributed by atoms with van der Waals surface area (Å²) < 4.78 is 0. The number of nitrogens with one attached hydrogen (secondary N) is 1. The number of hydrogen-bond acceptors (Lipinski definition) is 3. The Balaban J connectivity index is 2.14. The molecule has 110 valence electrons. The summed E-state index contributed by atoms with van der Waals surface area (Å²) in [6.45, 7) is 3.67. The van der Waals surface area contributed by atoms with Gasteiger partial charge in [-0.3, -0.25) is 9.59 Å². The first kappa shape index (κ1) is 16.0. The fourth-order valence-electron chi connectivity index (χ4n) is 2.56. The maximum atomic E-state index is 12.1. The molecule has 0 saturated carbocycles. The number of nitrogens with zero attached hydrogens (tertiary/aromatic N) is 1. The van der Waals surface area contributed by atoms with E-state index in [0.717, 1.165) is 38.6 Å². The maximum absolute atomic E-state index is 12.1. The minimum atomic E-state index is 0.00943. The second kappa shape index (κ2) is 8.91. The molecule has 0 aliphatic carbocycles. The van der Waals surface area contributed by atoms with Crippen LogP contribution in [0.4, 0.5) is 0 Å². The van der Waals surface area contributed by atoms with Gasteiger partial charge in [-0.1, -0.05) is 6.42 Å².